The lowest BCUT2D eigenvalue weighted by atomic mass is 9.85. The molecule has 0 aliphatic heterocycles. The van der Waals surface area contributed by atoms with Crippen molar-refractivity contribution >= 4 is 16.4 Å². The van der Waals surface area contributed by atoms with Crippen molar-refractivity contribution in [2.45, 2.75) is 219 Å². The van der Waals surface area contributed by atoms with Gasteiger partial charge in [-0.25, -0.2) is 0 Å². The Labute approximate surface area is 262 Å². The minimum Gasteiger partial charge on any atom is -0.417 e. The van der Waals surface area contributed by atoms with Gasteiger partial charge in [-0.1, -0.05) is 112 Å². The number of rotatable bonds is 23. The van der Waals surface area contributed by atoms with E-state index in [-0.39, 0.29) is 5.04 Å². The molecule has 0 aliphatic rings. The Bertz CT molecular complexity index is 613. The van der Waals surface area contributed by atoms with E-state index in [2.05, 4.69) is 100 Å². The van der Waals surface area contributed by atoms with Gasteiger partial charge >= 0.3 is 0 Å². The van der Waals surface area contributed by atoms with Crippen molar-refractivity contribution in [1.29, 1.82) is 0 Å². The summed E-state index contributed by atoms with van der Waals surface area (Å²) in [6.45, 7) is 35.4. The molecule has 0 radical (unpaired) electrons. The highest BCUT2D eigenvalue weighted by molar-refractivity contribution is 6.80. The third-order valence-corrected chi connectivity index (χ3v) is 21.1. The molecule has 0 bridgehead atoms. The summed E-state index contributed by atoms with van der Waals surface area (Å²) >= 11 is 0. The average molecular weight is 614 g/mol. The van der Waals surface area contributed by atoms with Crippen LogP contribution in [0.3, 0.4) is 0 Å². The van der Waals surface area contributed by atoms with Gasteiger partial charge in [-0.15, -0.1) is 0 Å². The van der Waals surface area contributed by atoms with Crippen molar-refractivity contribution in [1.82, 2.24) is 4.90 Å². The van der Waals surface area contributed by atoms with E-state index in [0.717, 1.165) is 51.7 Å². The third kappa shape index (κ3) is 17.4. The van der Waals surface area contributed by atoms with E-state index in [4.69, 9.17) is 4.43 Å². The minimum atomic E-state index is -1.63. The van der Waals surface area contributed by atoms with Gasteiger partial charge in [0.05, 0.1) is 13.7 Å². The van der Waals surface area contributed by atoms with Crippen LogP contribution in [0.1, 0.15) is 159 Å². The lowest BCUT2D eigenvalue weighted by Crippen LogP contribution is -2.40. The summed E-state index contributed by atoms with van der Waals surface area (Å²) in [4.78, 5) is 2.59. The van der Waals surface area contributed by atoms with E-state index in [1.165, 1.54) is 57.4 Å². The number of unbranched alkanes of at least 4 members (excludes halogenated alkanes) is 8. The van der Waals surface area contributed by atoms with Crippen LogP contribution >= 0.6 is 0 Å². The second-order valence-electron chi connectivity index (χ2n) is 17.3. The van der Waals surface area contributed by atoms with Crippen LogP contribution in [0, 0.1) is 0 Å². The molecule has 41 heavy (non-hydrogen) atoms. The highest BCUT2D eigenvalue weighted by Crippen LogP contribution is 2.40. The molecule has 1 N–H and O–H groups in total. The van der Waals surface area contributed by atoms with Gasteiger partial charge in [0.2, 0.25) is 0 Å². The first-order valence-corrected chi connectivity index (χ1v) is 23.9. The van der Waals surface area contributed by atoms with Crippen molar-refractivity contribution in [2.75, 3.05) is 13.2 Å². The van der Waals surface area contributed by atoms with Crippen LogP contribution < -0.4 is 0 Å². The molecule has 0 aliphatic carbocycles. The fourth-order valence-corrected chi connectivity index (χ4v) is 8.59. The Morgan fingerprint density at radius 3 is 1.44 bits per heavy atom. The van der Waals surface area contributed by atoms with Crippen molar-refractivity contribution in [3.8, 4) is 0 Å². The van der Waals surface area contributed by atoms with Crippen molar-refractivity contribution in [3.05, 3.63) is 0 Å². The largest absolute Gasteiger partial charge is 0.417 e. The van der Waals surface area contributed by atoms with E-state index in [1.807, 2.05) is 0 Å². The molecule has 0 aromatic heterocycles. The lowest BCUT2D eigenvalue weighted by Gasteiger charge is -2.37. The summed E-state index contributed by atoms with van der Waals surface area (Å²) < 4.78 is 6.38. The van der Waals surface area contributed by atoms with Gasteiger partial charge in [0, 0.05) is 18.7 Å². The quantitative estimate of drug-likeness (QED) is 0.0919. The molecule has 0 fully saturated rings. The van der Waals surface area contributed by atoms with E-state index < -0.39 is 22.0 Å². The molecule has 5 heteroatoms. The summed E-state index contributed by atoms with van der Waals surface area (Å²) in [6.07, 6.45) is 16.5. The molecule has 0 amide bonds. The Morgan fingerprint density at radius 2 is 1.00 bits per heavy atom. The lowest BCUT2D eigenvalue weighted by molar-refractivity contribution is 0.00619. The van der Waals surface area contributed by atoms with Gasteiger partial charge in [0.25, 0.3) is 0 Å². The van der Waals surface area contributed by atoms with Crippen LogP contribution in [-0.4, -0.2) is 57.2 Å². The Morgan fingerprint density at radius 1 is 0.585 bits per heavy atom. The monoisotopic (exact) mass is 614 g/mol. The highest BCUT2D eigenvalue weighted by Gasteiger charge is 2.37. The van der Waals surface area contributed by atoms with Crippen LogP contribution in [-0.2, 0) is 4.43 Å². The molecule has 1 unspecified atom stereocenters. The van der Waals surface area contributed by atoms with Crippen LogP contribution in [0.2, 0.25) is 42.3 Å². The number of hydrogen-bond acceptors (Lipinski definition) is 3. The Balaban J connectivity index is 4.64. The van der Waals surface area contributed by atoms with Gasteiger partial charge < -0.3 is 9.53 Å². The van der Waals surface area contributed by atoms with Crippen LogP contribution in [0.25, 0.3) is 0 Å². The molecular weight excluding hydrogens is 535 g/mol. The highest BCUT2D eigenvalue weighted by atomic mass is 28.4. The average Bonchev–Trinajstić information content (AvgIpc) is 2.80. The first-order chi connectivity index (χ1) is 18.7. The number of hydrogen-bond donors (Lipinski definition) is 1. The third-order valence-electron chi connectivity index (χ3n) is 10.9. The van der Waals surface area contributed by atoms with Crippen molar-refractivity contribution in [3.63, 3.8) is 0 Å². The number of aliphatic hydroxyl groups is 1. The van der Waals surface area contributed by atoms with Gasteiger partial charge in [-0.2, -0.15) is 0 Å². The molecular formula is C36H79NO2Si2. The first kappa shape index (κ1) is 41.3. The maximum atomic E-state index is 11.8. The summed E-state index contributed by atoms with van der Waals surface area (Å²) in [5, 5.41) is 12.6. The fraction of sp³-hybridized carbons (Fsp3) is 1.00. The van der Waals surface area contributed by atoms with Crippen LogP contribution in [0.4, 0.5) is 0 Å². The molecule has 0 saturated heterocycles. The molecule has 0 aromatic carbocycles. The van der Waals surface area contributed by atoms with Crippen molar-refractivity contribution in [2.24, 2.45) is 0 Å². The van der Waals surface area contributed by atoms with Crippen molar-refractivity contribution < 1.29 is 9.53 Å². The van der Waals surface area contributed by atoms with E-state index >= 15 is 0 Å². The maximum Gasteiger partial charge on any atom is 0.191 e. The first-order valence-electron chi connectivity index (χ1n) is 17.8. The van der Waals surface area contributed by atoms with Gasteiger partial charge in [0.15, 0.2) is 8.32 Å². The normalized spacial score (nSPS) is 15.4. The SMILES string of the molecule is CC(C)N(CCCCC(O)(CCCCCCC[Si](C)(C)C(C)(C)C)CCCCCCO[Si](C)(C)C(C)(C)C)C(C)C. The molecule has 0 rings (SSSR count). The van der Waals surface area contributed by atoms with Gasteiger partial charge in [0.1, 0.15) is 0 Å². The van der Waals surface area contributed by atoms with Gasteiger partial charge in [-0.05, 0) is 95.9 Å². The minimum absolute atomic E-state index is 0.287. The predicted molar refractivity (Wildman–Crippen MR) is 192 cm³/mol. The Hall–Kier alpha value is 0.314. The summed E-state index contributed by atoms with van der Waals surface area (Å²) in [5.41, 5.74) is -0.473. The van der Waals surface area contributed by atoms with Crippen LogP contribution in [0.15, 0.2) is 0 Å². The molecule has 0 spiro atoms. The summed E-state index contributed by atoms with van der Waals surface area (Å²) in [6, 6.07) is 2.63. The zero-order valence-corrected chi connectivity index (χ0v) is 33.0. The van der Waals surface area contributed by atoms with E-state index in [0.29, 0.717) is 17.1 Å². The van der Waals surface area contributed by atoms with Crippen LogP contribution in [0.5, 0.6) is 0 Å². The second-order valence-corrected chi connectivity index (χ2v) is 27.9. The zero-order valence-electron chi connectivity index (χ0n) is 31.0. The fourth-order valence-electron chi connectivity index (χ4n) is 5.62. The molecule has 0 aromatic rings. The predicted octanol–water partition coefficient (Wildman–Crippen LogP) is 11.8. The summed E-state index contributed by atoms with van der Waals surface area (Å²) in [7, 11) is -2.77. The second kappa shape index (κ2) is 19.0. The van der Waals surface area contributed by atoms with E-state index in [1.54, 1.807) is 0 Å². The maximum absolute atomic E-state index is 11.8. The summed E-state index contributed by atoms with van der Waals surface area (Å²) in [5.74, 6) is 0. The molecule has 0 saturated carbocycles. The zero-order chi connectivity index (χ0) is 32.0. The molecule has 0 heterocycles. The molecule has 1 atom stereocenters. The topological polar surface area (TPSA) is 32.7 Å². The van der Waals surface area contributed by atoms with Gasteiger partial charge in [-0.3, -0.25) is 4.90 Å². The molecule has 3 nitrogen and oxygen atoms in total. The van der Waals surface area contributed by atoms with E-state index in [9.17, 15) is 5.11 Å². The Kier molecular flexibility index (Phi) is 19.1. The standard InChI is InChI=1S/C36H79NO2Si2/c1-32(2)37(33(3)4)29-23-22-28-36(38,26-20-16-15-19-25-31-40(11,12)34(5,6)7)27-21-17-18-24-30-39-41(13,14)35(8,9)10/h32-33,38H,15-31H2,1-14H3. The smallest absolute Gasteiger partial charge is 0.191 e. The molecule has 248 valence electrons. The number of nitrogens with zero attached hydrogens (tertiary/aromatic N) is 1.